The average Bonchev–Trinajstić information content (AvgIpc) is 2.38. The van der Waals surface area contributed by atoms with Crippen molar-refractivity contribution in [1.82, 2.24) is 5.32 Å². The molecule has 0 aliphatic carbocycles. The van der Waals surface area contributed by atoms with E-state index in [0.29, 0.717) is 24.1 Å². The van der Waals surface area contributed by atoms with Gasteiger partial charge in [-0.1, -0.05) is 12.1 Å². The molecule has 0 saturated carbocycles. The molecule has 1 atom stereocenters. The van der Waals surface area contributed by atoms with E-state index in [9.17, 15) is 13.6 Å². The molecule has 1 aliphatic heterocycles. The quantitative estimate of drug-likeness (QED) is 0.857. The molecule has 96 valence electrons. The molecule has 0 spiro atoms. The van der Waals surface area contributed by atoms with E-state index >= 15 is 0 Å². The summed E-state index contributed by atoms with van der Waals surface area (Å²) >= 11 is 0. The minimum atomic E-state index is -0.737. The number of halogens is 2. The smallest absolute Gasteiger partial charge is 0.238 e. The summed E-state index contributed by atoms with van der Waals surface area (Å²) in [4.78, 5) is 11.1. The largest absolute Gasteiger partial charge is 0.368 e. The summed E-state index contributed by atoms with van der Waals surface area (Å²) in [6.07, 6.45) is 2.33. The van der Waals surface area contributed by atoms with Crippen molar-refractivity contribution in [2.75, 3.05) is 6.54 Å². The molecule has 0 saturated heterocycles. The number of alkyl halides is 1. The van der Waals surface area contributed by atoms with Crippen molar-refractivity contribution in [2.24, 2.45) is 5.73 Å². The van der Waals surface area contributed by atoms with E-state index in [1.807, 2.05) is 0 Å². The standard InChI is InChI=1S/C13H14F2N2O/c14-7-9-5-10(15)1-2-11(9)8-3-4-17-12(6-8)13(16)18/h1-2,5-6,12,17H,3-4,7H2,(H2,16,18). The second-order valence-corrected chi connectivity index (χ2v) is 4.21. The van der Waals surface area contributed by atoms with Gasteiger partial charge in [-0.05, 0) is 35.3 Å². The number of rotatable bonds is 3. The molecule has 5 heteroatoms. The molecule has 0 aromatic heterocycles. The molecular formula is C13H14F2N2O. The molecule has 1 unspecified atom stereocenters. The SMILES string of the molecule is NC(=O)C1C=C(c2ccc(F)cc2CF)CCN1. The lowest BCUT2D eigenvalue weighted by atomic mass is 9.93. The third-order valence-corrected chi connectivity index (χ3v) is 2.99. The summed E-state index contributed by atoms with van der Waals surface area (Å²) < 4.78 is 25.9. The number of nitrogens with one attached hydrogen (secondary N) is 1. The van der Waals surface area contributed by atoms with Gasteiger partial charge in [-0.3, -0.25) is 4.79 Å². The van der Waals surface area contributed by atoms with Crippen molar-refractivity contribution in [1.29, 1.82) is 0 Å². The maximum atomic E-state index is 13.0. The van der Waals surface area contributed by atoms with Crippen LogP contribution in [0.15, 0.2) is 24.3 Å². The van der Waals surface area contributed by atoms with Gasteiger partial charge in [-0.2, -0.15) is 0 Å². The lowest BCUT2D eigenvalue weighted by Crippen LogP contribution is -2.42. The van der Waals surface area contributed by atoms with Crippen LogP contribution in [-0.4, -0.2) is 18.5 Å². The Morgan fingerprint density at radius 1 is 1.50 bits per heavy atom. The van der Waals surface area contributed by atoms with Crippen molar-refractivity contribution in [2.45, 2.75) is 19.1 Å². The van der Waals surface area contributed by atoms with Crippen molar-refractivity contribution >= 4 is 11.5 Å². The molecule has 1 amide bonds. The summed E-state index contributed by atoms with van der Waals surface area (Å²) in [6.45, 7) is -0.151. The highest BCUT2D eigenvalue weighted by Crippen LogP contribution is 2.26. The molecule has 0 radical (unpaired) electrons. The van der Waals surface area contributed by atoms with E-state index in [-0.39, 0.29) is 0 Å². The third-order valence-electron chi connectivity index (χ3n) is 2.99. The first kappa shape index (κ1) is 12.7. The summed E-state index contributed by atoms with van der Waals surface area (Å²) in [5.74, 6) is -0.941. The lowest BCUT2D eigenvalue weighted by molar-refractivity contribution is -0.119. The predicted molar refractivity (Wildman–Crippen MR) is 64.8 cm³/mol. The molecule has 3 nitrogen and oxygen atoms in total. The van der Waals surface area contributed by atoms with Gasteiger partial charge >= 0.3 is 0 Å². The maximum Gasteiger partial charge on any atom is 0.238 e. The van der Waals surface area contributed by atoms with Gasteiger partial charge in [0, 0.05) is 6.54 Å². The zero-order valence-corrected chi connectivity index (χ0v) is 9.75. The van der Waals surface area contributed by atoms with Crippen molar-refractivity contribution in [3.63, 3.8) is 0 Å². The number of benzene rings is 1. The highest BCUT2D eigenvalue weighted by Gasteiger charge is 2.19. The normalized spacial score (nSPS) is 19.4. The van der Waals surface area contributed by atoms with Crippen molar-refractivity contribution < 1.29 is 13.6 Å². The van der Waals surface area contributed by atoms with Crippen LogP contribution in [0.25, 0.3) is 5.57 Å². The molecule has 1 aliphatic rings. The van der Waals surface area contributed by atoms with Gasteiger partial charge in [-0.25, -0.2) is 8.78 Å². The van der Waals surface area contributed by atoms with Crippen LogP contribution in [0.1, 0.15) is 17.5 Å². The van der Waals surface area contributed by atoms with Crippen LogP contribution in [-0.2, 0) is 11.5 Å². The molecule has 18 heavy (non-hydrogen) atoms. The van der Waals surface area contributed by atoms with Crippen LogP contribution < -0.4 is 11.1 Å². The number of carbonyl (C=O) groups is 1. The third kappa shape index (κ3) is 2.56. The van der Waals surface area contributed by atoms with Crippen LogP contribution in [0.2, 0.25) is 0 Å². The molecule has 0 fully saturated rings. The van der Waals surface area contributed by atoms with E-state index < -0.39 is 24.4 Å². The van der Waals surface area contributed by atoms with Gasteiger partial charge in [0.25, 0.3) is 0 Å². The molecular weight excluding hydrogens is 238 g/mol. The molecule has 3 N–H and O–H groups in total. The van der Waals surface area contributed by atoms with Gasteiger partial charge in [0.2, 0.25) is 5.91 Å². The minimum Gasteiger partial charge on any atom is -0.368 e. The van der Waals surface area contributed by atoms with Crippen molar-refractivity contribution in [3.05, 3.63) is 41.2 Å². The first-order valence-corrected chi connectivity index (χ1v) is 5.70. The Labute approximate surface area is 104 Å². The van der Waals surface area contributed by atoms with Gasteiger partial charge < -0.3 is 11.1 Å². The predicted octanol–water partition coefficient (Wildman–Crippen LogP) is 1.53. The molecule has 1 aromatic rings. The van der Waals surface area contributed by atoms with Gasteiger partial charge in [-0.15, -0.1) is 0 Å². The van der Waals surface area contributed by atoms with Crippen LogP contribution in [0, 0.1) is 5.82 Å². The highest BCUT2D eigenvalue weighted by molar-refractivity contribution is 5.85. The Hall–Kier alpha value is -1.75. The lowest BCUT2D eigenvalue weighted by Gasteiger charge is -2.21. The molecule has 0 bridgehead atoms. The Bertz CT molecular complexity index is 500. The van der Waals surface area contributed by atoms with Crippen LogP contribution >= 0.6 is 0 Å². The fraction of sp³-hybridized carbons (Fsp3) is 0.308. The number of carbonyl (C=O) groups excluding carboxylic acids is 1. The second-order valence-electron chi connectivity index (χ2n) is 4.21. The number of nitrogens with two attached hydrogens (primary N) is 1. The fourth-order valence-corrected chi connectivity index (χ4v) is 2.10. The number of hydrogen-bond donors (Lipinski definition) is 2. The van der Waals surface area contributed by atoms with E-state index in [1.54, 1.807) is 12.1 Å². The van der Waals surface area contributed by atoms with E-state index in [0.717, 1.165) is 5.57 Å². The van der Waals surface area contributed by atoms with Crippen LogP contribution in [0.4, 0.5) is 8.78 Å². The van der Waals surface area contributed by atoms with E-state index in [4.69, 9.17) is 5.73 Å². The van der Waals surface area contributed by atoms with Crippen molar-refractivity contribution in [3.8, 4) is 0 Å². The fourth-order valence-electron chi connectivity index (χ4n) is 2.10. The first-order valence-electron chi connectivity index (χ1n) is 5.70. The Balaban J connectivity index is 2.39. The average molecular weight is 252 g/mol. The van der Waals surface area contributed by atoms with E-state index in [2.05, 4.69) is 5.32 Å². The zero-order chi connectivity index (χ0) is 13.1. The van der Waals surface area contributed by atoms with Gasteiger partial charge in [0.1, 0.15) is 18.5 Å². The highest BCUT2D eigenvalue weighted by atomic mass is 19.1. The van der Waals surface area contributed by atoms with E-state index in [1.165, 1.54) is 12.1 Å². The maximum absolute atomic E-state index is 13.0. The zero-order valence-electron chi connectivity index (χ0n) is 9.75. The summed E-state index contributed by atoms with van der Waals surface area (Å²) in [5.41, 5.74) is 6.99. The molecule has 2 rings (SSSR count). The topological polar surface area (TPSA) is 55.1 Å². The summed E-state index contributed by atoms with van der Waals surface area (Å²) in [7, 11) is 0. The monoisotopic (exact) mass is 252 g/mol. The van der Waals surface area contributed by atoms with Crippen LogP contribution in [0.5, 0.6) is 0 Å². The molecule has 1 heterocycles. The number of amides is 1. The number of primary amides is 1. The first-order chi connectivity index (χ1) is 8.61. The summed E-state index contributed by atoms with van der Waals surface area (Å²) in [6, 6.07) is 3.46. The number of hydrogen-bond acceptors (Lipinski definition) is 2. The Morgan fingerprint density at radius 2 is 2.28 bits per heavy atom. The van der Waals surface area contributed by atoms with Gasteiger partial charge in [0.15, 0.2) is 0 Å². The molecule has 1 aromatic carbocycles. The van der Waals surface area contributed by atoms with Crippen LogP contribution in [0.3, 0.4) is 0 Å². The van der Waals surface area contributed by atoms with Gasteiger partial charge in [0.05, 0.1) is 0 Å². The Morgan fingerprint density at radius 3 is 2.94 bits per heavy atom. The minimum absolute atomic E-state index is 0.298. The summed E-state index contributed by atoms with van der Waals surface area (Å²) in [5, 5.41) is 2.95. The Kier molecular flexibility index (Phi) is 3.72. The second kappa shape index (κ2) is 5.27.